The van der Waals surface area contributed by atoms with E-state index in [1.165, 1.54) is 6.26 Å². The van der Waals surface area contributed by atoms with Gasteiger partial charge >= 0.3 is 0 Å². The second-order valence-corrected chi connectivity index (χ2v) is 5.43. The standard InChI is InChI=1S/C17H19NO4/c19-15-7-2-1-5-13(15)11-18(12-14-6-3-9-21-14)17(20)16-8-4-10-22-16/h1-2,4-5,7-8,10,14,19H,3,6,9,11-12H2. The number of ether oxygens (including phenoxy) is 1. The Morgan fingerprint density at radius 1 is 1.27 bits per heavy atom. The lowest BCUT2D eigenvalue weighted by atomic mass is 10.1. The normalized spacial score (nSPS) is 17.5. The van der Waals surface area contributed by atoms with E-state index in [9.17, 15) is 9.90 Å². The molecule has 1 unspecified atom stereocenters. The molecule has 1 aliphatic rings. The average molecular weight is 301 g/mol. The van der Waals surface area contributed by atoms with Crippen molar-refractivity contribution in [2.24, 2.45) is 0 Å². The molecule has 0 spiro atoms. The summed E-state index contributed by atoms with van der Waals surface area (Å²) >= 11 is 0. The largest absolute Gasteiger partial charge is 0.508 e. The van der Waals surface area contributed by atoms with Crippen LogP contribution in [-0.2, 0) is 11.3 Å². The maximum atomic E-state index is 12.6. The zero-order valence-electron chi connectivity index (χ0n) is 12.3. The quantitative estimate of drug-likeness (QED) is 0.922. The van der Waals surface area contributed by atoms with Crippen LogP contribution >= 0.6 is 0 Å². The van der Waals surface area contributed by atoms with Crippen molar-refractivity contribution in [1.29, 1.82) is 0 Å². The van der Waals surface area contributed by atoms with Crippen molar-refractivity contribution in [2.45, 2.75) is 25.5 Å². The summed E-state index contributed by atoms with van der Waals surface area (Å²) in [5, 5.41) is 9.94. The third-order valence-electron chi connectivity index (χ3n) is 3.82. The predicted molar refractivity (Wildman–Crippen MR) is 80.5 cm³/mol. The number of benzene rings is 1. The number of phenolic OH excluding ortho intramolecular Hbond substituents is 1. The lowest BCUT2D eigenvalue weighted by Crippen LogP contribution is -2.36. The Balaban J connectivity index is 1.79. The molecule has 1 aromatic carbocycles. The monoisotopic (exact) mass is 301 g/mol. The predicted octanol–water partition coefficient (Wildman–Crippen LogP) is 2.81. The molecule has 2 aromatic rings. The van der Waals surface area contributed by atoms with E-state index in [4.69, 9.17) is 9.15 Å². The van der Waals surface area contributed by atoms with E-state index >= 15 is 0 Å². The van der Waals surface area contributed by atoms with Gasteiger partial charge in [0.25, 0.3) is 5.91 Å². The summed E-state index contributed by atoms with van der Waals surface area (Å²) in [6.45, 7) is 1.56. The van der Waals surface area contributed by atoms with Crippen molar-refractivity contribution in [2.75, 3.05) is 13.2 Å². The van der Waals surface area contributed by atoms with Crippen LogP contribution in [0.5, 0.6) is 5.75 Å². The summed E-state index contributed by atoms with van der Waals surface area (Å²) in [7, 11) is 0. The number of hydrogen-bond donors (Lipinski definition) is 1. The lowest BCUT2D eigenvalue weighted by Gasteiger charge is -2.25. The first kappa shape index (κ1) is 14.7. The van der Waals surface area contributed by atoms with Gasteiger partial charge in [-0.2, -0.15) is 0 Å². The van der Waals surface area contributed by atoms with Crippen molar-refractivity contribution in [1.82, 2.24) is 4.90 Å². The molecule has 0 saturated carbocycles. The van der Waals surface area contributed by atoms with Gasteiger partial charge in [-0.3, -0.25) is 4.79 Å². The molecule has 5 heteroatoms. The molecule has 1 amide bonds. The number of carbonyl (C=O) groups excluding carboxylic acids is 1. The molecule has 0 bridgehead atoms. The fourth-order valence-corrected chi connectivity index (χ4v) is 2.66. The molecule has 116 valence electrons. The number of hydrogen-bond acceptors (Lipinski definition) is 4. The van der Waals surface area contributed by atoms with Crippen molar-refractivity contribution in [3.05, 3.63) is 54.0 Å². The summed E-state index contributed by atoms with van der Waals surface area (Å²) in [6.07, 6.45) is 3.49. The van der Waals surface area contributed by atoms with Crippen LogP contribution in [-0.4, -0.2) is 35.2 Å². The number of rotatable bonds is 5. The number of para-hydroxylation sites is 1. The Bertz CT molecular complexity index is 617. The molecule has 1 saturated heterocycles. The van der Waals surface area contributed by atoms with Crippen LogP contribution in [0.1, 0.15) is 29.0 Å². The first-order valence-corrected chi connectivity index (χ1v) is 7.45. The first-order valence-electron chi connectivity index (χ1n) is 7.45. The molecule has 22 heavy (non-hydrogen) atoms. The maximum absolute atomic E-state index is 12.6. The van der Waals surface area contributed by atoms with Gasteiger partial charge in [0.1, 0.15) is 5.75 Å². The van der Waals surface area contributed by atoms with Gasteiger partial charge in [0.2, 0.25) is 0 Å². The molecule has 0 aliphatic carbocycles. The smallest absolute Gasteiger partial charge is 0.289 e. The van der Waals surface area contributed by atoms with Gasteiger partial charge in [0.05, 0.1) is 12.4 Å². The summed E-state index contributed by atoms with van der Waals surface area (Å²) in [5.41, 5.74) is 0.709. The molecule has 0 radical (unpaired) electrons. The minimum absolute atomic E-state index is 0.0461. The summed E-state index contributed by atoms with van der Waals surface area (Å²) in [5.74, 6) is 0.296. The summed E-state index contributed by atoms with van der Waals surface area (Å²) in [4.78, 5) is 14.3. The highest BCUT2D eigenvalue weighted by Gasteiger charge is 2.25. The van der Waals surface area contributed by atoms with Crippen LogP contribution in [0.3, 0.4) is 0 Å². The Labute approximate surface area is 129 Å². The van der Waals surface area contributed by atoms with Crippen LogP contribution in [0.2, 0.25) is 0 Å². The third-order valence-corrected chi connectivity index (χ3v) is 3.82. The van der Waals surface area contributed by atoms with Crippen molar-refractivity contribution >= 4 is 5.91 Å². The van der Waals surface area contributed by atoms with Gasteiger partial charge in [0.15, 0.2) is 5.76 Å². The Hall–Kier alpha value is -2.27. The minimum Gasteiger partial charge on any atom is -0.508 e. The first-order chi connectivity index (χ1) is 10.7. The number of furan rings is 1. The minimum atomic E-state index is -0.191. The van der Waals surface area contributed by atoms with E-state index in [-0.39, 0.29) is 17.8 Å². The molecule has 1 aliphatic heterocycles. The second-order valence-electron chi connectivity index (χ2n) is 5.43. The Morgan fingerprint density at radius 2 is 2.14 bits per heavy atom. The highest BCUT2D eigenvalue weighted by Crippen LogP contribution is 2.21. The summed E-state index contributed by atoms with van der Waals surface area (Å²) in [6, 6.07) is 10.4. The lowest BCUT2D eigenvalue weighted by molar-refractivity contribution is 0.0482. The molecule has 1 N–H and O–H groups in total. The van der Waals surface area contributed by atoms with Gasteiger partial charge in [-0.15, -0.1) is 0 Å². The number of phenols is 1. The molecule has 3 rings (SSSR count). The average Bonchev–Trinajstić information content (AvgIpc) is 3.21. The van der Waals surface area contributed by atoms with Gasteiger partial charge in [0, 0.05) is 25.3 Å². The number of carbonyl (C=O) groups is 1. The van der Waals surface area contributed by atoms with Gasteiger partial charge in [-0.1, -0.05) is 18.2 Å². The van der Waals surface area contributed by atoms with Crippen LogP contribution in [0.25, 0.3) is 0 Å². The molecular formula is C17H19NO4. The molecule has 1 atom stereocenters. The second kappa shape index (κ2) is 6.66. The van der Waals surface area contributed by atoms with Gasteiger partial charge < -0.3 is 19.2 Å². The number of aromatic hydroxyl groups is 1. The van der Waals surface area contributed by atoms with Gasteiger partial charge in [-0.25, -0.2) is 0 Å². The highest BCUT2D eigenvalue weighted by atomic mass is 16.5. The Morgan fingerprint density at radius 3 is 2.82 bits per heavy atom. The number of amides is 1. The topological polar surface area (TPSA) is 62.9 Å². The van der Waals surface area contributed by atoms with E-state index in [0.717, 1.165) is 19.4 Å². The molecule has 1 aromatic heterocycles. The molecule has 1 fully saturated rings. The summed E-state index contributed by atoms with van der Waals surface area (Å²) < 4.78 is 10.8. The van der Waals surface area contributed by atoms with Crippen molar-refractivity contribution in [3.63, 3.8) is 0 Å². The number of nitrogens with zero attached hydrogens (tertiary/aromatic N) is 1. The fourth-order valence-electron chi connectivity index (χ4n) is 2.66. The zero-order chi connectivity index (χ0) is 15.4. The van der Waals surface area contributed by atoms with Crippen LogP contribution in [0.4, 0.5) is 0 Å². The van der Waals surface area contributed by atoms with Crippen molar-refractivity contribution < 1.29 is 19.1 Å². The SMILES string of the molecule is O=C(c1ccco1)N(Cc1ccccc1O)CC1CCCO1. The zero-order valence-corrected chi connectivity index (χ0v) is 12.3. The maximum Gasteiger partial charge on any atom is 0.289 e. The fraction of sp³-hybridized carbons (Fsp3) is 0.353. The van der Waals surface area contributed by atoms with Crippen LogP contribution in [0.15, 0.2) is 47.1 Å². The van der Waals surface area contributed by atoms with E-state index in [1.54, 1.807) is 29.2 Å². The molecule has 2 heterocycles. The van der Waals surface area contributed by atoms with Crippen LogP contribution < -0.4 is 0 Å². The molecule has 5 nitrogen and oxygen atoms in total. The van der Waals surface area contributed by atoms with Crippen LogP contribution in [0, 0.1) is 0 Å². The highest BCUT2D eigenvalue weighted by molar-refractivity contribution is 5.91. The Kier molecular flexibility index (Phi) is 4.44. The van der Waals surface area contributed by atoms with E-state index in [2.05, 4.69) is 0 Å². The third kappa shape index (κ3) is 3.31. The van der Waals surface area contributed by atoms with Gasteiger partial charge in [-0.05, 0) is 31.0 Å². The van der Waals surface area contributed by atoms with E-state index in [0.29, 0.717) is 24.4 Å². The molecular weight excluding hydrogens is 282 g/mol. The van der Waals surface area contributed by atoms with E-state index in [1.807, 2.05) is 12.1 Å². The van der Waals surface area contributed by atoms with Crippen molar-refractivity contribution in [3.8, 4) is 5.75 Å². The van der Waals surface area contributed by atoms with E-state index < -0.39 is 0 Å².